The standard InChI is InChI=1S/C12H17BrN2O/c1-12(9-16-2)7-15(8-12)6-10-3-4-14-11(13)5-10/h3-5H,6-9H2,1-2H3. The second-order valence-corrected chi connectivity index (χ2v) is 5.69. The Labute approximate surface area is 105 Å². The van der Waals surface area contributed by atoms with E-state index in [1.54, 1.807) is 7.11 Å². The van der Waals surface area contributed by atoms with Crippen LogP contribution in [0, 0.1) is 5.41 Å². The van der Waals surface area contributed by atoms with E-state index < -0.39 is 0 Å². The summed E-state index contributed by atoms with van der Waals surface area (Å²) in [4.78, 5) is 6.56. The average molecular weight is 285 g/mol. The molecule has 0 amide bonds. The summed E-state index contributed by atoms with van der Waals surface area (Å²) in [5.74, 6) is 0. The van der Waals surface area contributed by atoms with Crippen LogP contribution < -0.4 is 0 Å². The third-order valence-electron chi connectivity index (χ3n) is 2.90. The zero-order valence-electron chi connectivity index (χ0n) is 9.74. The first-order valence-corrected chi connectivity index (χ1v) is 6.22. The molecule has 0 spiro atoms. The third-order valence-corrected chi connectivity index (χ3v) is 3.33. The van der Waals surface area contributed by atoms with Gasteiger partial charge in [-0.2, -0.15) is 0 Å². The topological polar surface area (TPSA) is 25.4 Å². The zero-order chi connectivity index (χ0) is 11.6. The third kappa shape index (κ3) is 2.81. The molecule has 0 radical (unpaired) electrons. The second kappa shape index (κ2) is 4.82. The summed E-state index contributed by atoms with van der Waals surface area (Å²) in [6, 6.07) is 4.14. The molecule has 16 heavy (non-hydrogen) atoms. The van der Waals surface area contributed by atoms with Gasteiger partial charge >= 0.3 is 0 Å². The van der Waals surface area contributed by atoms with E-state index in [2.05, 4.69) is 44.9 Å². The lowest BCUT2D eigenvalue weighted by Crippen LogP contribution is -2.56. The van der Waals surface area contributed by atoms with E-state index in [9.17, 15) is 0 Å². The number of aromatic nitrogens is 1. The molecule has 1 saturated heterocycles. The van der Waals surface area contributed by atoms with Gasteiger partial charge in [0.15, 0.2) is 0 Å². The first-order valence-electron chi connectivity index (χ1n) is 5.43. The van der Waals surface area contributed by atoms with Gasteiger partial charge in [-0.3, -0.25) is 4.90 Å². The normalized spacial score (nSPS) is 19.4. The molecular formula is C12H17BrN2O. The lowest BCUT2D eigenvalue weighted by molar-refractivity contribution is -0.0451. The summed E-state index contributed by atoms with van der Waals surface area (Å²) < 4.78 is 6.13. The molecule has 1 fully saturated rings. The Morgan fingerprint density at radius 3 is 2.94 bits per heavy atom. The summed E-state index contributed by atoms with van der Waals surface area (Å²) >= 11 is 3.39. The molecule has 0 aliphatic carbocycles. The molecule has 0 bridgehead atoms. The van der Waals surface area contributed by atoms with Crippen LogP contribution in [0.1, 0.15) is 12.5 Å². The van der Waals surface area contributed by atoms with E-state index >= 15 is 0 Å². The summed E-state index contributed by atoms with van der Waals surface area (Å²) in [6.45, 7) is 6.35. The van der Waals surface area contributed by atoms with E-state index in [1.165, 1.54) is 5.56 Å². The Morgan fingerprint density at radius 1 is 1.56 bits per heavy atom. The van der Waals surface area contributed by atoms with Gasteiger partial charge in [0.25, 0.3) is 0 Å². The summed E-state index contributed by atoms with van der Waals surface area (Å²) in [7, 11) is 1.77. The molecule has 0 unspecified atom stereocenters. The molecule has 2 heterocycles. The minimum atomic E-state index is 0.346. The van der Waals surface area contributed by atoms with Gasteiger partial charge in [0.1, 0.15) is 4.60 Å². The molecule has 1 aromatic heterocycles. The fraction of sp³-hybridized carbons (Fsp3) is 0.583. The molecule has 2 rings (SSSR count). The Balaban J connectivity index is 1.85. The van der Waals surface area contributed by atoms with E-state index in [4.69, 9.17) is 4.74 Å². The average Bonchev–Trinajstić information content (AvgIpc) is 2.15. The highest BCUT2D eigenvalue weighted by atomic mass is 79.9. The van der Waals surface area contributed by atoms with Gasteiger partial charge in [0.2, 0.25) is 0 Å². The van der Waals surface area contributed by atoms with Crippen LogP contribution in [0.2, 0.25) is 0 Å². The molecule has 4 heteroatoms. The molecule has 3 nitrogen and oxygen atoms in total. The highest BCUT2D eigenvalue weighted by molar-refractivity contribution is 9.10. The van der Waals surface area contributed by atoms with Gasteiger partial charge in [0, 0.05) is 38.4 Å². The minimum Gasteiger partial charge on any atom is -0.384 e. The van der Waals surface area contributed by atoms with Gasteiger partial charge in [0.05, 0.1) is 6.61 Å². The maximum absolute atomic E-state index is 5.22. The molecule has 0 saturated carbocycles. The number of nitrogens with zero attached hydrogens (tertiary/aromatic N) is 2. The van der Waals surface area contributed by atoms with Gasteiger partial charge in [-0.05, 0) is 33.6 Å². The van der Waals surface area contributed by atoms with Crippen molar-refractivity contribution in [2.45, 2.75) is 13.5 Å². The smallest absolute Gasteiger partial charge is 0.106 e. The van der Waals surface area contributed by atoms with Crippen LogP contribution >= 0.6 is 15.9 Å². The monoisotopic (exact) mass is 284 g/mol. The maximum Gasteiger partial charge on any atom is 0.106 e. The minimum absolute atomic E-state index is 0.346. The molecular weight excluding hydrogens is 268 g/mol. The highest BCUT2D eigenvalue weighted by Gasteiger charge is 2.38. The highest BCUT2D eigenvalue weighted by Crippen LogP contribution is 2.31. The number of rotatable bonds is 4. The molecule has 88 valence electrons. The van der Waals surface area contributed by atoms with Gasteiger partial charge in [-0.15, -0.1) is 0 Å². The Bertz CT molecular complexity index is 364. The largest absolute Gasteiger partial charge is 0.384 e. The number of ether oxygens (including phenoxy) is 1. The molecule has 1 aliphatic heterocycles. The van der Waals surface area contributed by atoms with Crippen molar-refractivity contribution < 1.29 is 4.74 Å². The fourth-order valence-corrected chi connectivity index (χ4v) is 2.80. The van der Waals surface area contributed by atoms with E-state index in [0.29, 0.717) is 5.41 Å². The fourth-order valence-electron chi connectivity index (χ4n) is 2.38. The lowest BCUT2D eigenvalue weighted by Gasteiger charge is -2.47. The first kappa shape index (κ1) is 12.0. The molecule has 1 aromatic rings. The van der Waals surface area contributed by atoms with Crippen molar-refractivity contribution in [1.29, 1.82) is 0 Å². The number of halogens is 1. The predicted molar refractivity (Wildman–Crippen MR) is 67.2 cm³/mol. The van der Waals surface area contributed by atoms with Crippen LogP contribution in [0.5, 0.6) is 0 Å². The molecule has 0 aromatic carbocycles. The summed E-state index contributed by atoms with van der Waals surface area (Å²) in [5.41, 5.74) is 1.65. The quantitative estimate of drug-likeness (QED) is 0.794. The maximum atomic E-state index is 5.22. The first-order chi connectivity index (χ1) is 7.61. The van der Waals surface area contributed by atoms with Crippen LogP contribution in [0.25, 0.3) is 0 Å². The Morgan fingerprint density at radius 2 is 2.31 bits per heavy atom. The van der Waals surface area contributed by atoms with E-state index in [1.807, 2.05) is 6.20 Å². The molecule has 0 atom stereocenters. The van der Waals surface area contributed by atoms with E-state index in [0.717, 1.165) is 30.8 Å². The SMILES string of the molecule is COCC1(C)CN(Cc2ccnc(Br)c2)C1. The van der Waals surface area contributed by atoms with Crippen LogP contribution in [0.4, 0.5) is 0 Å². The van der Waals surface area contributed by atoms with Gasteiger partial charge < -0.3 is 4.74 Å². The van der Waals surface area contributed by atoms with Crippen molar-refractivity contribution >= 4 is 15.9 Å². The Kier molecular flexibility index (Phi) is 3.62. The van der Waals surface area contributed by atoms with Gasteiger partial charge in [-0.1, -0.05) is 6.92 Å². The van der Waals surface area contributed by atoms with Crippen molar-refractivity contribution in [3.05, 3.63) is 28.5 Å². The van der Waals surface area contributed by atoms with Crippen LogP contribution in [-0.2, 0) is 11.3 Å². The Hall–Kier alpha value is -0.450. The number of methoxy groups -OCH3 is 1. The van der Waals surface area contributed by atoms with Crippen molar-refractivity contribution in [3.8, 4) is 0 Å². The number of hydrogen-bond donors (Lipinski definition) is 0. The second-order valence-electron chi connectivity index (χ2n) is 4.88. The van der Waals surface area contributed by atoms with Crippen molar-refractivity contribution in [3.63, 3.8) is 0 Å². The van der Waals surface area contributed by atoms with Crippen LogP contribution in [0.3, 0.4) is 0 Å². The number of likely N-dealkylation sites (tertiary alicyclic amines) is 1. The summed E-state index contributed by atoms with van der Waals surface area (Å²) in [6.07, 6.45) is 1.84. The lowest BCUT2D eigenvalue weighted by atomic mass is 9.82. The van der Waals surface area contributed by atoms with Crippen molar-refractivity contribution in [2.75, 3.05) is 26.8 Å². The predicted octanol–water partition coefficient (Wildman–Crippen LogP) is 2.31. The van der Waals surface area contributed by atoms with Crippen LogP contribution in [-0.4, -0.2) is 36.7 Å². The number of hydrogen-bond acceptors (Lipinski definition) is 3. The molecule has 1 aliphatic rings. The van der Waals surface area contributed by atoms with Crippen LogP contribution in [0.15, 0.2) is 22.9 Å². The van der Waals surface area contributed by atoms with Crippen molar-refractivity contribution in [2.24, 2.45) is 5.41 Å². The van der Waals surface area contributed by atoms with Gasteiger partial charge in [-0.25, -0.2) is 4.98 Å². The van der Waals surface area contributed by atoms with E-state index in [-0.39, 0.29) is 0 Å². The van der Waals surface area contributed by atoms with Crippen molar-refractivity contribution in [1.82, 2.24) is 9.88 Å². The number of pyridine rings is 1. The molecule has 0 N–H and O–H groups in total. The zero-order valence-corrected chi connectivity index (χ0v) is 11.3. The summed E-state index contributed by atoms with van der Waals surface area (Å²) in [5, 5.41) is 0.